The van der Waals surface area contributed by atoms with Crippen molar-refractivity contribution < 1.29 is 18.1 Å². The summed E-state index contributed by atoms with van der Waals surface area (Å²) in [5.74, 6) is -0.588. The fourth-order valence-electron chi connectivity index (χ4n) is 3.66. The number of nitrogens with two attached hydrogens (primary N) is 1. The van der Waals surface area contributed by atoms with Crippen LogP contribution in [0, 0.1) is 16.0 Å². The maximum absolute atomic E-state index is 12.9. The second kappa shape index (κ2) is 8.02. The maximum atomic E-state index is 12.9. The zero-order chi connectivity index (χ0) is 20.5. The molecule has 2 heterocycles. The molecule has 0 atom stereocenters. The summed E-state index contributed by atoms with van der Waals surface area (Å²) in [4.78, 5) is 26.2. The smallest absolute Gasteiger partial charge is 0.293 e. The number of hydrogen-bond donors (Lipinski definition) is 1. The highest BCUT2D eigenvalue weighted by Crippen LogP contribution is 2.34. The number of piperidine rings is 1. The molecule has 2 saturated heterocycles. The minimum atomic E-state index is -3.79. The molecule has 2 aliphatic rings. The number of sulfonamides is 1. The van der Waals surface area contributed by atoms with Crippen LogP contribution in [0.5, 0.6) is 0 Å². The molecule has 0 aromatic heterocycles. The predicted molar refractivity (Wildman–Crippen MR) is 103 cm³/mol. The third kappa shape index (κ3) is 4.10. The molecule has 154 valence electrons. The van der Waals surface area contributed by atoms with E-state index >= 15 is 0 Å². The predicted octanol–water partition coefficient (Wildman–Crippen LogP) is 0.233. The molecule has 0 spiro atoms. The Morgan fingerprint density at radius 1 is 1.14 bits per heavy atom. The number of anilines is 1. The lowest BCUT2D eigenvalue weighted by molar-refractivity contribution is -0.384. The summed E-state index contributed by atoms with van der Waals surface area (Å²) in [6, 6.07) is 4.06. The molecule has 3 rings (SSSR count). The molecule has 0 saturated carbocycles. The van der Waals surface area contributed by atoms with Crippen LogP contribution in [0.3, 0.4) is 0 Å². The summed E-state index contributed by atoms with van der Waals surface area (Å²) in [6.45, 7) is 2.87. The summed E-state index contributed by atoms with van der Waals surface area (Å²) in [6.07, 6.45) is 1.04. The van der Waals surface area contributed by atoms with E-state index in [-0.39, 0.29) is 22.4 Å². The summed E-state index contributed by atoms with van der Waals surface area (Å²) in [5, 5.41) is 11.6. The number of benzene rings is 1. The van der Waals surface area contributed by atoms with Gasteiger partial charge in [-0.05, 0) is 32.0 Å². The van der Waals surface area contributed by atoms with Crippen molar-refractivity contribution >= 4 is 27.3 Å². The standard InChI is InChI=1S/C17H25N5O5S/c1-19-8-10-21(11-9-19)28(26,27)14-2-3-15(16(12-14)22(24)25)20-6-4-13(5-7-20)17(18)23/h2-3,12-13H,4-11H2,1H3,(H2,18,23). The summed E-state index contributed by atoms with van der Waals surface area (Å²) < 4.78 is 27.2. The lowest BCUT2D eigenvalue weighted by Crippen LogP contribution is -2.47. The number of likely N-dealkylation sites (N-methyl/N-ethyl adjacent to an activating group) is 1. The first-order valence-corrected chi connectivity index (χ1v) is 10.7. The van der Waals surface area contributed by atoms with Crippen LogP contribution in [0.1, 0.15) is 12.8 Å². The topological polar surface area (TPSA) is 130 Å². The van der Waals surface area contributed by atoms with Gasteiger partial charge in [-0.15, -0.1) is 0 Å². The van der Waals surface area contributed by atoms with Gasteiger partial charge in [-0.1, -0.05) is 0 Å². The number of hydrogen-bond acceptors (Lipinski definition) is 7. The molecule has 1 aromatic rings. The van der Waals surface area contributed by atoms with Crippen LogP contribution >= 0.6 is 0 Å². The van der Waals surface area contributed by atoms with Gasteiger partial charge in [0.05, 0.1) is 9.82 Å². The van der Waals surface area contributed by atoms with Gasteiger partial charge in [-0.25, -0.2) is 8.42 Å². The number of nitro benzene ring substituents is 1. The maximum Gasteiger partial charge on any atom is 0.293 e. The van der Waals surface area contributed by atoms with Crippen molar-refractivity contribution in [3.63, 3.8) is 0 Å². The molecule has 0 radical (unpaired) electrons. The molecule has 1 aromatic carbocycles. The average Bonchev–Trinajstić information content (AvgIpc) is 2.68. The normalized spacial score (nSPS) is 20.2. The highest BCUT2D eigenvalue weighted by molar-refractivity contribution is 7.89. The molecular formula is C17H25N5O5S. The summed E-state index contributed by atoms with van der Waals surface area (Å²) >= 11 is 0. The van der Waals surface area contributed by atoms with Crippen molar-refractivity contribution in [2.75, 3.05) is 51.2 Å². The van der Waals surface area contributed by atoms with Gasteiger partial charge >= 0.3 is 0 Å². The third-order valence-corrected chi connectivity index (χ3v) is 7.38. The molecule has 11 heteroatoms. The Labute approximate surface area is 164 Å². The van der Waals surface area contributed by atoms with E-state index in [9.17, 15) is 23.3 Å². The molecule has 2 fully saturated rings. The second-order valence-corrected chi connectivity index (χ2v) is 9.22. The summed E-state index contributed by atoms with van der Waals surface area (Å²) in [7, 11) is -1.86. The van der Waals surface area contributed by atoms with E-state index in [0.29, 0.717) is 57.8 Å². The number of rotatable bonds is 5. The molecule has 2 N–H and O–H groups in total. The number of piperazine rings is 1. The Hall–Kier alpha value is -2.24. The average molecular weight is 411 g/mol. The van der Waals surface area contributed by atoms with Crippen LogP contribution in [0.4, 0.5) is 11.4 Å². The monoisotopic (exact) mass is 411 g/mol. The van der Waals surface area contributed by atoms with Crippen LogP contribution in [-0.2, 0) is 14.8 Å². The number of nitro groups is 1. The summed E-state index contributed by atoms with van der Waals surface area (Å²) in [5.41, 5.74) is 5.46. The van der Waals surface area contributed by atoms with Gasteiger partial charge in [0.2, 0.25) is 15.9 Å². The van der Waals surface area contributed by atoms with Gasteiger partial charge in [0.15, 0.2) is 0 Å². The first-order chi connectivity index (χ1) is 13.2. The first kappa shape index (κ1) is 20.5. The number of carbonyl (C=O) groups excluding carboxylic acids is 1. The van der Waals surface area contributed by atoms with Crippen molar-refractivity contribution in [2.24, 2.45) is 11.7 Å². The van der Waals surface area contributed by atoms with Crippen molar-refractivity contribution in [1.29, 1.82) is 0 Å². The number of carbonyl (C=O) groups is 1. The van der Waals surface area contributed by atoms with E-state index < -0.39 is 14.9 Å². The van der Waals surface area contributed by atoms with E-state index in [1.807, 2.05) is 16.8 Å². The van der Waals surface area contributed by atoms with E-state index in [4.69, 9.17) is 5.73 Å². The number of primary amides is 1. The van der Waals surface area contributed by atoms with Crippen molar-refractivity contribution in [3.8, 4) is 0 Å². The Kier molecular flexibility index (Phi) is 5.87. The van der Waals surface area contributed by atoms with Crippen molar-refractivity contribution in [3.05, 3.63) is 28.3 Å². The molecular weight excluding hydrogens is 386 g/mol. The van der Waals surface area contributed by atoms with E-state index in [2.05, 4.69) is 0 Å². The molecule has 2 aliphatic heterocycles. The fraction of sp³-hybridized carbons (Fsp3) is 0.588. The third-order valence-electron chi connectivity index (χ3n) is 5.48. The zero-order valence-corrected chi connectivity index (χ0v) is 16.6. The molecule has 28 heavy (non-hydrogen) atoms. The van der Waals surface area contributed by atoms with Crippen LogP contribution in [-0.4, -0.2) is 74.8 Å². The number of amides is 1. The van der Waals surface area contributed by atoms with Gasteiger partial charge in [-0.3, -0.25) is 14.9 Å². The molecule has 10 nitrogen and oxygen atoms in total. The number of nitrogens with zero attached hydrogens (tertiary/aromatic N) is 4. The molecule has 0 aliphatic carbocycles. The minimum absolute atomic E-state index is 0.0699. The Morgan fingerprint density at radius 3 is 2.29 bits per heavy atom. The highest BCUT2D eigenvalue weighted by Gasteiger charge is 2.32. The van der Waals surface area contributed by atoms with Crippen molar-refractivity contribution in [1.82, 2.24) is 9.21 Å². The van der Waals surface area contributed by atoms with Gasteiger partial charge in [-0.2, -0.15) is 4.31 Å². The van der Waals surface area contributed by atoms with Gasteiger partial charge < -0.3 is 15.5 Å². The largest absolute Gasteiger partial charge is 0.369 e. The fourth-order valence-corrected chi connectivity index (χ4v) is 5.10. The second-order valence-electron chi connectivity index (χ2n) is 7.28. The molecule has 1 amide bonds. The van der Waals surface area contributed by atoms with E-state index in [1.54, 1.807) is 0 Å². The highest BCUT2D eigenvalue weighted by atomic mass is 32.2. The lowest BCUT2D eigenvalue weighted by atomic mass is 9.96. The minimum Gasteiger partial charge on any atom is -0.369 e. The van der Waals surface area contributed by atoms with Crippen molar-refractivity contribution in [2.45, 2.75) is 17.7 Å². The Bertz CT molecular complexity index is 859. The van der Waals surface area contributed by atoms with Crippen LogP contribution in [0.15, 0.2) is 23.1 Å². The van der Waals surface area contributed by atoms with E-state index in [1.165, 1.54) is 16.4 Å². The van der Waals surface area contributed by atoms with Crippen LogP contribution < -0.4 is 10.6 Å². The first-order valence-electron chi connectivity index (χ1n) is 9.21. The quantitative estimate of drug-likeness (QED) is 0.542. The molecule has 0 unspecified atom stereocenters. The SMILES string of the molecule is CN1CCN(S(=O)(=O)c2ccc(N3CCC(C(N)=O)CC3)c([N+](=O)[O-])c2)CC1. The van der Waals surface area contributed by atoms with Crippen LogP contribution in [0.25, 0.3) is 0 Å². The Morgan fingerprint density at radius 2 is 1.75 bits per heavy atom. The van der Waals surface area contributed by atoms with Gasteiger partial charge in [0.25, 0.3) is 5.69 Å². The van der Waals surface area contributed by atoms with Gasteiger partial charge in [0, 0.05) is 51.3 Å². The Balaban J connectivity index is 1.86. The zero-order valence-electron chi connectivity index (χ0n) is 15.8. The van der Waals surface area contributed by atoms with Crippen LogP contribution in [0.2, 0.25) is 0 Å². The van der Waals surface area contributed by atoms with E-state index in [0.717, 1.165) is 6.07 Å². The van der Waals surface area contributed by atoms with Gasteiger partial charge in [0.1, 0.15) is 5.69 Å². The molecule has 0 bridgehead atoms. The lowest BCUT2D eigenvalue weighted by Gasteiger charge is -2.33.